The van der Waals surface area contributed by atoms with Gasteiger partial charge in [-0.05, 0) is 30.3 Å². The second-order valence-electron chi connectivity index (χ2n) is 4.87. The van der Waals surface area contributed by atoms with E-state index in [1.165, 1.54) is 11.3 Å². The molecule has 0 aliphatic carbocycles. The number of ether oxygens (including phenoxy) is 1. The number of carbonyl (C=O) groups is 1. The van der Waals surface area contributed by atoms with Gasteiger partial charge in [0, 0.05) is 5.56 Å². The highest BCUT2D eigenvalue weighted by Crippen LogP contribution is 2.37. The van der Waals surface area contributed by atoms with Crippen LogP contribution in [-0.2, 0) is 0 Å². The first-order chi connectivity index (χ1) is 11.7. The second kappa shape index (κ2) is 5.97. The van der Waals surface area contributed by atoms with Gasteiger partial charge in [0.05, 0.1) is 28.6 Å². The third kappa shape index (κ3) is 2.58. The number of nitrogens with zero attached hydrogens (tertiary/aromatic N) is 3. The monoisotopic (exact) mass is 376 g/mol. The maximum atomic E-state index is 12.4. The van der Waals surface area contributed by atoms with Gasteiger partial charge in [0.2, 0.25) is 0 Å². The van der Waals surface area contributed by atoms with Gasteiger partial charge in [0.15, 0.2) is 5.13 Å². The first-order valence-corrected chi connectivity index (χ1v) is 8.75. The highest BCUT2D eigenvalue weighted by molar-refractivity contribution is 7.23. The fraction of sp³-hybridized carbons (Fsp3) is 0.0667. The second-order valence-corrected chi connectivity index (χ2v) is 6.80. The molecule has 24 heavy (non-hydrogen) atoms. The summed E-state index contributed by atoms with van der Waals surface area (Å²) in [4.78, 5) is 16.9. The van der Waals surface area contributed by atoms with Crippen LogP contribution in [0.2, 0.25) is 5.02 Å². The van der Waals surface area contributed by atoms with Crippen LogP contribution in [0, 0.1) is 0 Å². The summed E-state index contributed by atoms with van der Waals surface area (Å²) in [5, 5.41) is 3.82. The van der Waals surface area contributed by atoms with Gasteiger partial charge in [0.1, 0.15) is 22.3 Å². The van der Waals surface area contributed by atoms with Crippen molar-refractivity contribution in [3.05, 3.63) is 40.9 Å². The van der Waals surface area contributed by atoms with E-state index in [2.05, 4.69) is 19.0 Å². The third-order valence-electron chi connectivity index (χ3n) is 3.41. The summed E-state index contributed by atoms with van der Waals surface area (Å²) >= 11 is 8.61. The fourth-order valence-corrected chi connectivity index (χ4v) is 3.93. The number of fused-ring (bicyclic) bond motifs is 2. The number of nitrogens with one attached hydrogen (secondary N) is 1. The van der Waals surface area contributed by atoms with Crippen LogP contribution in [0.5, 0.6) is 5.75 Å². The molecular formula is C15H9ClN4O2S2. The molecule has 0 radical (unpaired) electrons. The number of halogens is 1. The SMILES string of the molecule is COc1ccc(Cl)c2sc(NC(=O)c3ccc4nsnc4c3)nc12. The van der Waals surface area contributed by atoms with Gasteiger partial charge in [-0.3, -0.25) is 10.1 Å². The normalized spacial score (nSPS) is 11.1. The van der Waals surface area contributed by atoms with E-state index in [0.717, 1.165) is 21.9 Å². The van der Waals surface area contributed by atoms with E-state index in [9.17, 15) is 4.79 Å². The molecule has 2 heterocycles. The van der Waals surface area contributed by atoms with Crippen LogP contribution in [0.3, 0.4) is 0 Å². The summed E-state index contributed by atoms with van der Waals surface area (Å²) in [5.41, 5.74) is 2.59. The molecule has 9 heteroatoms. The highest BCUT2D eigenvalue weighted by Gasteiger charge is 2.15. The number of rotatable bonds is 3. The zero-order valence-electron chi connectivity index (χ0n) is 12.2. The number of carbonyl (C=O) groups excluding carboxylic acids is 1. The fourth-order valence-electron chi connectivity index (χ4n) is 2.26. The van der Waals surface area contributed by atoms with Crippen molar-refractivity contribution >= 4 is 67.0 Å². The van der Waals surface area contributed by atoms with Crippen molar-refractivity contribution in [1.82, 2.24) is 13.7 Å². The molecule has 0 fully saturated rings. The molecule has 0 aliphatic heterocycles. The topological polar surface area (TPSA) is 77.0 Å². The first kappa shape index (κ1) is 15.3. The van der Waals surface area contributed by atoms with E-state index in [4.69, 9.17) is 16.3 Å². The Kier molecular flexibility index (Phi) is 3.79. The minimum Gasteiger partial charge on any atom is -0.494 e. The van der Waals surface area contributed by atoms with Crippen LogP contribution >= 0.6 is 34.7 Å². The van der Waals surface area contributed by atoms with E-state index in [1.807, 2.05) is 0 Å². The predicted molar refractivity (Wildman–Crippen MR) is 96.6 cm³/mol. The molecule has 1 N–H and O–H groups in total. The van der Waals surface area contributed by atoms with Gasteiger partial charge in [-0.2, -0.15) is 8.75 Å². The Morgan fingerprint density at radius 2 is 2.04 bits per heavy atom. The zero-order valence-corrected chi connectivity index (χ0v) is 14.6. The molecule has 0 aliphatic rings. The summed E-state index contributed by atoms with van der Waals surface area (Å²) in [6.07, 6.45) is 0. The standard InChI is InChI=1S/C15H9ClN4O2S2/c1-22-11-5-3-8(16)13-12(11)17-15(23-13)18-14(21)7-2-4-9-10(6-7)20-24-19-9/h2-6H,1H3,(H,17,18,21). The Hall–Kier alpha value is -2.29. The van der Waals surface area contributed by atoms with Gasteiger partial charge < -0.3 is 4.74 Å². The number of hydrogen-bond donors (Lipinski definition) is 1. The Morgan fingerprint density at radius 1 is 1.21 bits per heavy atom. The van der Waals surface area contributed by atoms with Gasteiger partial charge in [0.25, 0.3) is 5.91 Å². The van der Waals surface area contributed by atoms with Crippen LogP contribution < -0.4 is 10.1 Å². The molecule has 0 unspecified atom stereocenters. The number of hydrogen-bond acceptors (Lipinski definition) is 7. The molecule has 2 aromatic heterocycles. The Balaban J connectivity index is 1.68. The smallest absolute Gasteiger partial charge is 0.257 e. The van der Waals surface area contributed by atoms with Crippen LogP contribution in [0.1, 0.15) is 10.4 Å². The van der Waals surface area contributed by atoms with Crippen LogP contribution in [0.25, 0.3) is 21.3 Å². The number of benzene rings is 2. The number of aromatic nitrogens is 3. The van der Waals surface area contributed by atoms with Crippen molar-refractivity contribution in [1.29, 1.82) is 0 Å². The largest absolute Gasteiger partial charge is 0.494 e. The summed E-state index contributed by atoms with van der Waals surface area (Å²) in [6.45, 7) is 0. The lowest BCUT2D eigenvalue weighted by Crippen LogP contribution is -2.11. The maximum absolute atomic E-state index is 12.4. The van der Waals surface area contributed by atoms with Crippen LogP contribution in [0.15, 0.2) is 30.3 Å². The Morgan fingerprint density at radius 3 is 2.88 bits per heavy atom. The Labute approximate surface area is 149 Å². The molecule has 6 nitrogen and oxygen atoms in total. The lowest BCUT2D eigenvalue weighted by atomic mass is 10.2. The molecule has 2 aromatic carbocycles. The molecule has 120 valence electrons. The zero-order chi connectivity index (χ0) is 16.7. The Bertz CT molecular complexity index is 1080. The molecule has 0 atom stereocenters. The lowest BCUT2D eigenvalue weighted by Gasteiger charge is -2.01. The van der Waals surface area contributed by atoms with Gasteiger partial charge >= 0.3 is 0 Å². The third-order valence-corrected chi connectivity index (χ3v) is 5.40. The quantitative estimate of drug-likeness (QED) is 0.579. The van der Waals surface area contributed by atoms with E-state index < -0.39 is 0 Å². The molecule has 0 saturated carbocycles. The van der Waals surface area contributed by atoms with E-state index >= 15 is 0 Å². The molecular weight excluding hydrogens is 368 g/mol. The number of methoxy groups -OCH3 is 1. The molecule has 0 spiro atoms. The lowest BCUT2D eigenvalue weighted by molar-refractivity contribution is 0.102. The molecule has 4 aromatic rings. The van der Waals surface area contributed by atoms with E-state index in [-0.39, 0.29) is 5.91 Å². The van der Waals surface area contributed by atoms with Crippen molar-refractivity contribution in [3.8, 4) is 5.75 Å². The van der Waals surface area contributed by atoms with Gasteiger partial charge in [-0.15, -0.1) is 0 Å². The molecule has 1 amide bonds. The first-order valence-electron chi connectivity index (χ1n) is 6.82. The molecule has 0 saturated heterocycles. The summed E-state index contributed by atoms with van der Waals surface area (Å²) in [6, 6.07) is 8.68. The van der Waals surface area contributed by atoms with Crippen molar-refractivity contribution in [2.24, 2.45) is 0 Å². The van der Waals surface area contributed by atoms with Crippen molar-refractivity contribution < 1.29 is 9.53 Å². The van der Waals surface area contributed by atoms with Crippen LogP contribution in [0.4, 0.5) is 5.13 Å². The minimum absolute atomic E-state index is 0.265. The summed E-state index contributed by atoms with van der Waals surface area (Å²) in [7, 11) is 1.57. The predicted octanol–water partition coefficient (Wildman–Crippen LogP) is 4.22. The molecule has 0 bridgehead atoms. The summed E-state index contributed by atoms with van der Waals surface area (Å²) in [5.74, 6) is 0.347. The van der Waals surface area contributed by atoms with Crippen molar-refractivity contribution in [3.63, 3.8) is 0 Å². The van der Waals surface area contributed by atoms with E-state index in [1.54, 1.807) is 37.4 Å². The number of amides is 1. The average molecular weight is 377 g/mol. The number of thiazole rings is 1. The molecule has 4 rings (SSSR count). The van der Waals surface area contributed by atoms with Crippen molar-refractivity contribution in [2.75, 3.05) is 12.4 Å². The van der Waals surface area contributed by atoms with Gasteiger partial charge in [-0.1, -0.05) is 22.9 Å². The van der Waals surface area contributed by atoms with Crippen molar-refractivity contribution in [2.45, 2.75) is 0 Å². The van der Waals surface area contributed by atoms with Gasteiger partial charge in [-0.25, -0.2) is 4.98 Å². The van der Waals surface area contributed by atoms with E-state index in [0.29, 0.717) is 32.5 Å². The number of anilines is 1. The minimum atomic E-state index is -0.265. The maximum Gasteiger partial charge on any atom is 0.257 e. The average Bonchev–Trinajstić information content (AvgIpc) is 3.21. The highest BCUT2D eigenvalue weighted by atomic mass is 35.5. The summed E-state index contributed by atoms with van der Waals surface area (Å²) < 4.78 is 14.3. The van der Waals surface area contributed by atoms with Crippen LogP contribution in [-0.4, -0.2) is 26.7 Å².